The van der Waals surface area contributed by atoms with E-state index in [1.807, 2.05) is 19.1 Å². The van der Waals surface area contributed by atoms with Gasteiger partial charge in [0.25, 0.3) is 10.0 Å². The highest BCUT2D eigenvalue weighted by molar-refractivity contribution is 7.91. The van der Waals surface area contributed by atoms with E-state index >= 15 is 0 Å². The molecule has 14 heteroatoms. The molecule has 0 aliphatic carbocycles. The largest absolute Gasteiger partial charge is 0.504 e. The predicted octanol–water partition coefficient (Wildman–Crippen LogP) is 5.12. The van der Waals surface area contributed by atoms with Crippen molar-refractivity contribution in [1.29, 1.82) is 0 Å². The van der Waals surface area contributed by atoms with Gasteiger partial charge in [-0.05, 0) is 24.5 Å². The van der Waals surface area contributed by atoms with Crippen LogP contribution >= 0.6 is 23.1 Å². The lowest BCUT2D eigenvalue weighted by Gasteiger charge is -2.30. The van der Waals surface area contributed by atoms with E-state index in [1.165, 1.54) is 9.69 Å². The molecule has 0 bridgehead atoms. The monoisotopic (exact) mass is 551 g/mol. The molecule has 0 amide bonds. The van der Waals surface area contributed by atoms with Crippen LogP contribution in [0.1, 0.15) is 52.2 Å². The maximum atomic E-state index is 13.0. The first-order chi connectivity index (χ1) is 17.0. The lowest BCUT2D eigenvalue weighted by atomic mass is 9.85. The number of nitrogens with zero attached hydrogens (tertiary/aromatic N) is 5. The highest BCUT2D eigenvalue weighted by Gasteiger charge is 2.32. The van der Waals surface area contributed by atoms with Gasteiger partial charge in [0.2, 0.25) is 11.3 Å². The fraction of sp³-hybridized carbons (Fsp3) is 0.455. The van der Waals surface area contributed by atoms with Crippen molar-refractivity contribution in [2.24, 2.45) is 5.41 Å². The Morgan fingerprint density at radius 3 is 2.31 bits per heavy atom. The molecule has 4 aromatic rings. The van der Waals surface area contributed by atoms with Crippen LogP contribution in [-0.4, -0.2) is 49.6 Å². The molecule has 11 nitrogen and oxygen atoms in total. The third-order valence-corrected chi connectivity index (χ3v) is 9.62. The van der Waals surface area contributed by atoms with Crippen LogP contribution in [0.15, 0.2) is 26.1 Å². The first-order valence-corrected chi connectivity index (χ1v) is 14.4. The van der Waals surface area contributed by atoms with E-state index in [2.05, 4.69) is 50.1 Å². The van der Waals surface area contributed by atoms with Gasteiger partial charge in [0.1, 0.15) is 11.5 Å². The molecular formula is C22H29N7O4S3. The second kappa shape index (κ2) is 9.92. The van der Waals surface area contributed by atoms with Crippen LogP contribution < -0.4 is 10.6 Å². The van der Waals surface area contributed by atoms with Gasteiger partial charge in [0.15, 0.2) is 21.6 Å². The Labute approximate surface area is 218 Å². The smallest absolute Gasteiger partial charge is 0.256 e. The van der Waals surface area contributed by atoms with Crippen LogP contribution in [0.5, 0.6) is 5.75 Å². The van der Waals surface area contributed by atoms with Crippen LogP contribution in [0.3, 0.4) is 0 Å². The van der Waals surface area contributed by atoms with Crippen molar-refractivity contribution in [1.82, 2.24) is 23.0 Å². The summed E-state index contributed by atoms with van der Waals surface area (Å²) < 4.78 is 41.4. The number of sulfonamides is 1. The molecule has 4 heterocycles. The molecule has 0 radical (unpaired) electrons. The summed E-state index contributed by atoms with van der Waals surface area (Å²) in [7, 11) is -3.83. The first kappa shape index (κ1) is 26.3. The van der Waals surface area contributed by atoms with E-state index in [-0.39, 0.29) is 32.9 Å². The molecule has 0 aliphatic heterocycles. The van der Waals surface area contributed by atoms with Gasteiger partial charge in [0, 0.05) is 18.5 Å². The third kappa shape index (κ3) is 5.03. The van der Waals surface area contributed by atoms with E-state index in [4.69, 9.17) is 4.42 Å². The number of thiophene rings is 1. The number of fused-ring (bicyclic) bond motifs is 1. The van der Waals surface area contributed by atoms with Crippen LogP contribution in [0, 0.1) is 12.3 Å². The van der Waals surface area contributed by atoms with E-state index in [0.717, 1.165) is 34.6 Å². The molecule has 0 aromatic carbocycles. The minimum Gasteiger partial charge on any atom is -0.504 e. The molecular weight excluding hydrogens is 522 g/mol. The quantitative estimate of drug-likeness (QED) is 0.256. The van der Waals surface area contributed by atoms with Crippen molar-refractivity contribution in [3.8, 4) is 5.75 Å². The Hall–Kier alpha value is -2.81. The number of aromatic nitrogens is 4. The second-order valence-electron chi connectivity index (χ2n) is 9.22. The van der Waals surface area contributed by atoms with Gasteiger partial charge in [0.05, 0.1) is 23.5 Å². The number of hydrogen-bond acceptors (Lipinski definition) is 12. The number of aryl methyl sites for hydroxylation is 1. The van der Waals surface area contributed by atoms with Gasteiger partial charge in [-0.15, -0.1) is 11.3 Å². The average molecular weight is 552 g/mol. The van der Waals surface area contributed by atoms with Gasteiger partial charge in [-0.2, -0.15) is 13.1 Å². The zero-order valence-corrected chi connectivity index (χ0v) is 23.3. The van der Waals surface area contributed by atoms with Gasteiger partial charge in [-0.3, -0.25) is 0 Å². The van der Waals surface area contributed by atoms with Crippen molar-refractivity contribution in [3.63, 3.8) is 0 Å². The van der Waals surface area contributed by atoms with Crippen LogP contribution in [0.25, 0.3) is 11.3 Å². The lowest BCUT2D eigenvalue weighted by Crippen LogP contribution is -2.30. The molecule has 0 saturated carbocycles. The number of nitrogens with one attached hydrogen (secondary N) is 2. The fourth-order valence-electron chi connectivity index (χ4n) is 3.70. The summed E-state index contributed by atoms with van der Waals surface area (Å²) in [6, 6.07) is 3.53. The normalized spacial score (nSPS) is 13.4. The Kier molecular flexibility index (Phi) is 7.23. The maximum Gasteiger partial charge on any atom is 0.256 e. The van der Waals surface area contributed by atoms with Crippen LogP contribution in [0.4, 0.5) is 17.3 Å². The Balaban J connectivity index is 1.75. The summed E-state index contributed by atoms with van der Waals surface area (Å²) in [5.41, 5.74) is 0.635. The predicted molar refractivity (Wildman–Crippen MR) is 142 cm³/mol. The lowest BCUT2D eigenvalue weighted by molar-refractivity contribution is 0.300. The number of aromatic hydroxyl groups is 1. The van der Waals surface area contributed by atoms with Gasteiger partial charge < -0.3 is 20.2 Å². The van der Waals surface area contributed by atoms with Crippen molar-refractivity contribution in [2.75, 3.05) is 23.7 Å². The fourth-order valence-corrected chi connectivity index (χ4v) is 6.97. The third-order valence-electron chi connectivity index (χ3n) is 5.57. The SMILES string of the molecule is CCN(CC)S(=O)(=O)c1scc(Nc2nc3nsnc3nc2N[C@@H](c2ccc(C)o2)C(C)(C)C)c1O. The minimum absolute atomic E-state index is 0.133. The van der Waals surface area contributed by atoms with E-state index < -0.39 is 10.0 Å². The summed E-state index contributed by atoms with van der Waals surface area (Å²) in [4.78, 5) is 9.16. The molecule has 0 spiro atoms. The van der Waals surface area contributed by atoms with Crippen molar-refractivity contribution >= 4 is 61.7 Å². The molecule has 4 rings (SSSR count). The number of hydrogen-bond donors (Lipinski definition) is 3. The van der Waals surface area contributed by atoms with E-state index in [0.29, 0.717) is 30.2 Å². The van der Waals surface area contributed by atoms with Crippen LogP contribution in [0.2, 0.25) is 0 Å². The minimum atomic E-state index is -3.83. The average Bonchev–Trinajstić information content (AvgIpc) is 3.52. The van der Waals surface area contributed by atoms with E-state index in [1.54, 1.807) is 13.8 Å². The van der Waals surface area contributed by atoms with Gasteiger partial charge >= 0.3 is 0 Å². The Morgan fingerprint density at radius 2 is 1.75 bits per heavy atom. The molecule has 0 unspecified atom stereocenters. The summed E-state index contributed by atoms with van der Waals surface area (Å²) in [6.07, 6.45) is 0. The van der Waals surface area contributed by atoms with Crippen molar-refractivity contribution in [3.05, 3.63) is 29.0 Å². The van der Waals surface area contributed by atoms with Gasteiger partial charge in [-0.25, -0.2) is 18.4 Å². The maximum absolute atomic E-state index is 13.0. The summed E-state index contributed by atoms with van der Waals surface area (Å²) in [5, 5.41) is 18.9. The highest BCUT2D eigenvalue weighted by Crippen LogP contribution is 2.42. The van der Waals surface area contributed by atoms with Crippen molar-refractivity contribution in [2.45, 2.75) is 51.8 Å². The molecule has 1 atom stereocenters. The zero-order chi connectivity index (χ0) is 26.3. The summed E-state index contributed by atoms with van der Waals surface area (Å²) in [5.74, 6) is 1.78. The van der Waals surface area contributed by atoms with Crippen molar-refractivity contribution < 1.29 is 17.9 Å². The molecule has 0 fully saturated rings. The second-order valence-corrected chi connectivity index (χ2v) is 12.8. The van der Waals surface area contributed by atoms with Crippen LogP contribution in [-0.2, 0) is 10.0 Å². The number of anilines is 3. The highest BCUT2D eigenvalue weighted by atomic mass is 32.2. The first-order valence-electron chi connectivity index (χ1n) is 11.4. The molecule has 194 valence electrons. The van der Waals surface area contributed by atoms with Gasteiger partial charge in [-0.1, -0.05) is 34.6 Å². The number of furan rings is 1. The molecule has 36 heavy (non-hydrogen) atoms. The molecule has 0 saturated heterocycles. The standard InChI is InChI=1S/C22H29N7O4S3/c1-7-29(8-2)36(31,32)21-15(30)13(11-34-21)23-17-18(26-20-19(25-17)27-35-28-20)24-16(22(4,5)6)14-10-9-12(3)33-14/h9-11,16,30H,7-8H2,1-6H3,(H,23,25,27)(H,24,26,28)/t16-/m0/s1. The topological polar surface area (TPSA) is 146 Å². The number of rotatable bonds is 9. The Morgan fingerprint density at radius 1 is 1.11 bits per heavy atom. The summed E-state index contributed by atoms with van der Waals surface area (Å²) >= 11 is 1.93. The Bertz CT molecular complexity index is 1470. The summed E-state index contributed by atoms with van der Waals surface area (Å²) in [6.45, 7) is 12.2. The van der Waals surface area contributed by atoms with E-state index in [9.17, 15) is 13.5 Å². The molecule has 3 N–H and O–H groups in total. The zero-order valence-electron chi connectivity index (χ0n) is 20.9. The molecule has 4 aromatic heterocycles. The molecule has 0 aliphatic rings.